The number of carbonyl (C=O) groups is 2. The number of benzene rings is 2. The van der Waals surface area contributed by atoms with Crippen LogP contribution in [0.5, 0.6) is 0 Å². The summed E-state index contributed by atoms with van der Waals surface area (Å²) in [5.74, 6) is -1.23. The molecule has 0 saturated carbocycles. The Labute approximate surface area is 211 Å². The normalized spacial score (nSPS) is 19.1. The molecule has 0 aromatic heterocycles. The molecule has 1 atom stereocenters. The number of hydrogen-bond acceptors (Lipinski definition) is 6. The van der Waals surface area contributed by atoms with Crippen molar-refractivity contribution < 1.29 is 26.4 Å². The Hall–Kier alpha value is -2.86. The van der Waals surface area contributed by atoms with E-state index < -0.39 is 37.9 Å². The van der Waals surface area contributed by atoms with Gasteiger partial charge in [-0.25, -0.2) is 26.9 Å². The number of sulfonamides is 2. The molecule has 1 saturated heterocycles. The van der Waals surface area contributed by atoms with Crippen LogP contribution in [0.1, 0.15) is 44.1 Å². The van der Waals surface area contributed by atoms with Gasteiger partial charge in [-0.05, 0) is 75.4 Å². The smallest absolute Gasteiger partial charge is 0.252 e. The van der Waals surface area contributed by atoms with Gasteiger partial charge in [0.25, 0.3) is 5.91 Å². The molecule has 1 heterocycles. The maximum atomic E-state index is 13.7. The molecule has 2 amide bonds. The fraction of sp³-hybridized carbons (Fsp3) is 0.360. The second kappa shape index (κ2) is 10.3. The Bertz CT molecular complexity index is 1400. The highest BCUT2D eigenvalue weighted by atomic mass is 32.2. The average Bonchev–Trinajstić information content (AvgIpc) is 3.13. The zero-order valence-electron chi connectivity index (χ0n) is 20.0. The van der Waals surface area contributed by atoms with Gasteiger partial charge in [-0.15, -0.1) is 0 Å². The summed E-state index contributed by atoms with van der Waals surface area (Å²) in [6, 6.07) is 10.2. The van der Waals surface area contributed by atoms with Gasteiger partial charge in [0, 0.05) is 6.54 Å². The predicted molar refractivity (Wildman–Crippen MR) is 135 cm³/mol. The Morgan fingerprint density at radius 3 is 2.17 bits per heavy atom. The first-order valence-corrected chi connectivity index (χ1v) is 14.7. The Balaban J connectivity index is 1.66. The molecule has 1 fully saturated rings. The summed E-state index contributed by atoms with van der Waals surface area (Å²) in [6.07, 6.45) is 6.28. The molecular weight excluding hydrogens is 502 g/mol. The number of nitrogens with two attached hydrogens (primary N) is 1. The van der Waals surface area contributed by atoms with E-state index in [1.54, 1.807) is 12.1 Å². The Morgan fingerprint density at radius 1 is 0.944 bits per heavy atom. The van der Waals surface area contributed by atoms with Gasteiger partial charge < -0.3 is 0 Å². The maximum Gasteiger partial charge on any atom is 0.252 e. The molecule has 2 aliphatic rings. The lowest BCUT2D eigenvalue weighted by Gasteiger charge is -2.28. The molecule has 192 valence electrons. The third kappa shape index (κ3) is 5.44. The van der Waals surface area contributed by atoms with Gasteiger partial charge in [-0.1, -0.05) is 29.3 Å². The molecule has 2 N–H and O–H groups in total. The standard InChI is InChI=1S/C25H29N3O6S2/c1-18-7-11-22(12-8-18)36(33,34)27(16-15-19-5-3-2-4-6-19)23-17-24(29)28(25(23)30)20-9-13-21(14-10-20)35(26,31)32/h5,7-14,23H,2-4,6,15-17H2,1H3,(H2,26,31,32). The number of aryl methyl sites for hydroxylation is 1. The van der Waals surface area contributed by atoms with Crippen molar-refractivity contribution in [2.75, 3.05) is 11.4 Å². The Morgan fingerprint density at radius 2 is 1.58 bits per heavy atom. The minimum Gasteiger partial charge on any atom is -0.274 e. The van der Waals surface area contributed by atoms with Crippen LogP contribution in [-0.4, -0.2) is 45.5 Å². The van der Waals surface area contributed by atoms with Crippen LogP contribution in [0.4, 0.5) is 5.69 Å². The zero-order valence-corrected chi connectivity index (χ0v) is 21.6. The topological polar surface area (TPSA) is 135 Å². The number of carbonyl (C=O) groups excluding carboxylic acids is 2. The van der Waals surface area contributed by atoms with Gasteiger partial charge in [-0.2, -0.15) is 4.31 Å². The van der Waals surface area contributed by atoms with E-state index in [-0.39, 0.29) is 28.4 Å². The van der Waals surface area contributed by atoms with E-state index in [1.807, 2.05) is 6.92 Å². The van der Waals surface area contributed by atoms with Crippen LogP contribution in [0.15, 0.2) is 70.0 Å². The number of hydrogen-bond donors (Lipinski definition) is 1. The van der Waals surface area contributed by atoms with Crippen molar-refractivity contribution in [2.45, 2.75) is 61.3 Å². The molecule has 1 unspecified atom stereocenters. The third-order valence-corrected chi connectivity index (χ3v) is 9.41. The van der Waals surface area contributed by atoms with Crippen molar-refractivity contribution in [3.05, 3.63) is 65.7 Å². The predicted octanol–water partition coefficient (Wildman–Crippen LogP) is 2.86. The van der Waals surface area contributed by atoms with Gasteiger partial charge in [0.1, 0.15) is 6.04 Å². The van der Waals surface area contributed by atoms with Crippen molar-refractivity contribution in [3.8, 4) is 0 Å². The summed E-state index contributed by atoms with van der Waals surface area (Å²) in [4.78, 5) is 27.2. The number of imide groups is 1. The second-order valence-electron chi connectivity index (χ2n) is 9.11. The lowest BCUT2D eigenvalue weighted by atomic mass is 9.97. The first-order chi connectivity index (χ1) is 17.0. The number of primary sulfonamides is 1. The molecule has 36 heavy (non-hydrogen) atoms. The average molecular weight is 532 g/mol. The van der Waals surface area contributed by atoms with E-state index in [2.05, 4.69) is 6.08 Å². The van der Waals surface area contributed by atoms with Crippen molar-refractivity contribution in [3.63, 3.8) is 0 Å². The van der Waals surface area contributed by atoms with Gasteiger partial charge in [0.2, 0.25) is 26.0 Å². The van der Waals surface area contributed by atoms with Gasteiger partial charge >= 0.3 is 0 Å². The first-order valence-electron chi connectivity index (χ1n) is 11.7. The molecule has 1 aliphatic heterocycles. The molecule has 0 radical (unpaired) electrons. The number of nitrogens with zero attached hydrogens (tertiary/aromatic N) is 2. The van der Waals surface area contributed by atoms with Gasteiger partial charge in [-0.3, -0.25) is 9.59 Å². The van der Waals surface area contributed by atoms with E-state index in [4.69, 9.17) is 5.14 Å². The van der Waals surface area contributed by atoms with Crippen LogP contribution in [0.25, 0.3) is 0 Å². The highest BCUT2D eigenvalue weighted by molar-refractivity contribution is 7.89. The fourth-order valence-electron chi connectivity index (χ4n) is 4.57. The van der Waals surface area contributed by atoms with E-state index >= 15 is 0 Å². The number of anilines is 1. The number of allylic oxidation sites excluding steroid dienone is 1. The molecule has 2 aromatic rings. The molecule has 9 nitrogen and oxygen atoms in total. The van der Waals surface area contributed by atoms with Crippen LogP contribution in [0, 0.1) is 6.92 Å². The van der Waals surface area contributed by atoms with Crippen molar-refractivity contribution in [1.82, 2.24) is 4.31 Å². The second-order valence-corrected chi connectivity index (χ2v) is 12.6. The minimum atomic E-state index is -4.08. The lowest BCUT2D eigenvalue weighted by molar-refractivity contribution is -0.122. The number of amides is 2. The molecule has 2 aromatic carbocycles. The molecule has 0 bridgehead atoms. The number of rotatable bonds is 8. The maximum absolute atomic E-state index is 13.7. The summed E-state index contributed by atoms with van der Waals surface area (Å²) in [6.45, 7) is 1.92. The van der Waals surface area contributed by atoms with E-state index in [0.717, 1.165) is 46.0 Å². The zero-order chi connectivity index (χ0) is 26.1. The monoisotopic (exact) mass is 531 g/mol. The fourth-order valence-corrected chi connectivity index (χ4v) is 6.67. The van der Waals surface area contributed by atoms with Gasteiger partial charge in [0.05, 0.1) is 21.9 Å². The van der Waals surface area contributed by atoms with Crippen molar-refractivity contribution in [2.24, 2.45) is 5.14 Å². The van der Waals surface area contributed by atoms with Crippen LogP contribution < -0.4 is 10.0 Å². The highest BCUT2D eigenvalue weighted by Gasteiger charge is 2.46. The van der Waals surface area contributed by atoms with Crippen molar-refractivity contribution in [1.29, 1.82) is 0 Å². The first kappa shape index (κ1) is 26.2. The van der Waals surface area contributed by atoms with Crippen LogP contribution in [-0.2, 0) is 29.6 Å². The van der Waals surface area contributed by atoms with Gasteiger partial charge in [0.15, 0.2) is 0 Å². The van der Waals surface area contributed by atoms with Crippen molar-refractivity contribution >= 4 is 37.5 Å². The van der Waals surface area contributed by atoms with E-state index in [0.29, 0.717) is 6.42 Å². The van der Waals surface area contributed by atoms with E-state index in [1.165, 1.54) is 36.4 Å². The summed E-state index contributed by atoms with van der Waals surface area (Å²) < 4.78 is 51.7. The quantitative estimate of drug-likeness (QED) is 0.411. The van der Waals surface area contributed by atoms with E-state index in [9.17, 15) is 26.4 Å². The molecular formula is C25H29N3O6S2. The van der Waals surface area contributed by atoms with Crippen LogP contribution in [0.2, 0.25) is 0 Å². The summed E-state index contributed by atoms with van der Waals surface area (Å²) >= 11 is 0. The Kier molecular flexibility index (Phi) is 7.46. The minimum absolute atomic E-state index is 0.0573. The lowest BCUT2D eigenvalue weighted by Crippen LogP contribution is -2.46. The summed E-state index contributed by atoms with van der Waals surface area (Å²) in [7, 11) is -8.03. The third-order valence-electron chi connectivity index (χ3n) is 6.56. The SMILES string of the molecule is Cc1ccc(S(=O)(=O)N(CCC2=CCCCC2)C2CC(=O)N(c3ccc(S(N)(=O)=O)cc3)C2=O)cc1. The molecule has 1 aliphatic carbocycles. The molecule has 0 spiro atoms. The highest BCUT2D eigenvalue weighted by Crippen LogP contribution is 2.31. The van der Waals surface area contributed by atoms with Crippen LogP contribution in [0.3, 0.4) is 0 Å². The largest absolute Gasteiger partial charge is 0.274 e. The summed E-state index contributed by atoms with van der Waals surface area (Å²) in [5.41, 5.74) is 2.20. The molecule has 4 rings (SSSR count). The summed E-state index contributed by atoms with van der Waals surface area (Å²) in [5, 5.41) is 5.13. The molecule has 11 heteroatoms. The van der Waals surface area contributed by atoms with Crippen LogP contribution >= 0.6 is 0 Å².